The topological polar surface area (TPSA) is 94.3 Å². The molecular weight excluding hydrogens is 390 g/mol. The maximum Gasteiger partial charge on any atom is 0.228 e. The summed E-state index contributed by atoms with van der Waals surface area (Å²) in [6.07, 6.45) is 0.140. The van der Waals surface area contributed by atoms with E-state index in [0.29, 0.717) is 35.2 Å². The monoisotopic (exact) mass is 417 g/mol. The lowest BCUT2D eigenvalue weighted by molar-refractivity contribution is -0.135. The van der Waals surface area contributed by atoms with Gasteiger partial charge in [-0.25, -0.2) is 0 Å². The molecule has 1 saturated heterocycles. The Morgan fingerprint density at radius 1 is 1.20 bits per heavy atom. The van der Waals surface area contributed by atoms with Crippen LogP contribution in [0.1, 0.15) is 23.4 Å². The third kappa shape index (κ3) is 3.92. The molecule has 1 fully saturated rings. The van der Waals surface area contributed by atoms with E-state index < -0.39 is 5.92 Å². The standard InChI is InChI=1S/C21H27N3O6/c1-12-16(13(2)30-22-12)11-23(3)21(26)14-7-19(25)24(10-14)15-8-17(27-4)20(29-6)18(9-15)28-5/h8-9,14H,7,10-11H2,1-6H3. The molecular formula is C21H27N3O6. The predicted octanol–water partition coefficient (Wildman–Crippen LogP) is 2.33. The molecule has 0 saturated carbocycles. The smallest absolute Gasteiger partial charge is 0.228 e. The number of aryl methyl sites for hydroxylation is 2. The van der Waals surface area contributed by atoms with Gasteiger partial charge in [0, 0.05) is 37.7 Å². The number of carbonyl (C=O) groups excluding carboxylic acids is 2. The van der Waals surface area contributed by atoms with Gasteiger partial charge in [0.25, 0.3) is 0 Å². The van der Waals surface area contributed by atoms with Crippen molar-refractivity contribution >= 4 is 17.5 Å². The Morgan fingerprint density at radius 2 is 1.83 bits per heavy atom. The minimum atomic E-state index is -0.443. The summed E-state index contributed by atoms with van der Waals surface area (Å²) in [5.41, 5.74) is 2.24. The minimum absolute atomic E-state index is 0.0988. The Labute approximate surface area is 175 Å². The highest BCUT2D eigenvalue weighted by Crippen LogP contribution is 2.42. The van der Waals surface area contributed by atoms with Crippen LogP contribution in [0.4, 0.5) is 5.69 Å². The molecule has 1 aromatic carbocycles. The number of aromatic nitrogens is 1. The van der Waals surface area contributed by atoms with Crippen molar-refractivity contribution in [3.8, 4) is 17.2 Å². The highest BCUT2D eigenvalue weighted by molar-refractivity contribution is 6.00. The molecule has 0 spiro atoms. The van der Waals surface area contributed by atoms with Crippen LogP contribution in [0.25, 0.3) is 0 Å². The molecule has 0 N–H and O–H groups in total. The van der Waals surface area contributed by atoms with Crippen molar-refractivity contribution in [1.82, 2.24) is 10.1 Å². The molecule has 1 unspecified atom stereocenters. The first-order valence-corrected chi connectivity index (χ1v) is 9.57. The number of hydrogen-bond donors (Lipinski definition) is 0. The first-order chi connectivity index (χ1) is 14.3. The lowest BCUT2D eigenvalue weighted by atomic mass is 10.1. The summed E-state index contributed by atoms with van der Waals surface area (Å²) in [5.74, 6) is 1.36. The number of benzene rings is 1. The molecule has 0 bridgehead atoms. The molecule has 162 valence electrons. The van der Waals surface area contributed by atoms with Crippen molar-refractivity contribution in [1.29, 1.82) is 0 Å². The second-order valence-electron chi connectivity index (χ2n) is 7.29. The lowest BCUT2D eigenvalue weighted by Crippen LogP contribution is -2.34. The average molecular weight is 417 g/mol. The normalized spacial score (nSPS) is 16.0. The number of carbonyl (C=O) groups is 2. The summed E-state index contributed by atoms with van der Waals surface area (Å²) in [6, 6.07) is 3.42. The van der Waals surface area contributed by atoms with E-state index in [0.717, 1.165) is 11.3 Å². The third-order valence-corrected chi connectivity index (χ3v) is 5.39. The minimum Gasteiger partial charge on any atom is -0.493 e. The van der Waals surface area contributed by atoms with Gasteiger partial charge in [0.2, 0.25) is 17.6 Å². The molecule has 2 amide bonds. The number of hydrogen-bond acceptors (Lipinski definition) is 7. The van der Waals surface area contributed by atoms with Gasteiger partial charge in [0.05, 0.1) is 45.2 Å². The molecule has 3 rings (SSSR count). The number of amides is 2. The van der Waals surface area contributed by atoms with Gasteiger partial charge in [-0.1, -0.05) is 5.16 Å². The molecule has 30 heavy (non-hydrogen) atoms. The third-order valence-electron chi connectivity index (χ3n) is 5.39. The first kappa shape index (κ1) is 21.5. The fourth-order valence-corrected chi connectivity index (χ4v) is 3.70. The van der Waals surface area contributed by atoms with Crippen molar-refractivity contribution in [3.63, 3.8) is 0 Å². The summed E-state index contributed by atoms with van der Waals surface area (Å²) in [5, 5.41) is 3.93. The number of methoxy groups -OCH3 is 3. The largest absolute Gasteiger partial charge is 0.493 e. The van der Waals surface area contributed by atoms with Gasteiger partial charge < -0.3 is 28.5 Å². The van der Waals surface area contributed by atoms with Gasteiger partial charge >= 0.3 is 0 Å². The van der Waals surface area contributed by atoms with E-state index in [2.05, 4.69) is 5.16 Å². The van der Waals surface area contributed by atoms with Gasteiger partial charge in [0.1, 0.15) is 5.76 Å². The van der Waals surface area contributed by atoms with Gasteiger partial charge in [0.15, 0.2) is 11.5 Å². The molecule has 1 atom stereocenters. The highest BCUT2D eigenvalue weighted by atomic mass is 16.5. The average Bonchev–Trinajstić information content (AvgIpc) is 3.28. The molecule has 1 aromatic heterocycles. The van der Waals surface area contributed by atoms with Crippen LogP contribution in [0, 0.1) is 19.8 Å². The highest BCUT2D eigenvalue weighted by Gasteiger charge is 2.37. The Hall–Kier alpha value is -3.23. The number of anilines is 1. The van der Waals surface area contributed by atoms with Crippen LogP contribution in [0.15, 0.2) is 16.7 Å². The lowest BCUT2D eigenvalue weighted by Gasteiger charge is -2.22. The van der Waals surface area contributed by atoms with E-state index in [-0.39, 0.29) is 24.8 Å². The first-order valence-electron chi connectivity index (χ1n) is 9.57. The molecule has 0 aliphatic carbocycles. The Kier molecular flexibility index (Phi) is 6.19. The molecule has 2 aromatic rings. The molecule has 1 aliphatic rings. The fourth-order valence-electron chi connectivity index (χ4n) is 3.70. The van der Waals surface area contributed by atoms with Crippen LogP contribution in [0.5, 0.6) is 17.2 Å². The van der Waals surface area contributed by atoms with Crippen LogP contribution in [-0.2, 0) is 16.1 Å². The molecule has 1 aliphatic heterocycles. The van der Waals surface area contributed by atoms with Crippen molar-refractivity contribution < 1.29 is 28.3 Å². The van der Waals surface area contributed by atoms with Crippen LogP contribution >= 0.6 is 0 Å². The molecule has 0 radical (unpaired) electrons. The van der Waals surface area contributed by atoms with Gasteiger partial charge in [-0.2, -0.15) is 0 Å². The Balaban J connectivity index is 1.78. The molecule has 2 heterocycles. The van der Waals surface area contributed by atoms with Crippen molar-refractivity contribution in [2.45, 2.75) is 26.8 Å². The van der Waals surface area contributed by atoms with Crippen LogP contribution in [0.3, 0.4) is 0 Å². The summed E-state index contributed by atoms with van der Waals surface area (Å²) in [6.45, 7) is 4.32. The summed E-state index contributed by atoms with van der Waals surface area (Å²) < 4.78 is 21.3. The zero-order chi connectivity index (χ0) is 22.0. The zero-order valence-corrected chi connectivity index (χ0v) is 18.1. The van der Waals surface area contributed by atoms with Gasteiger partial charge in [-0.15, -0.1) is 0 Å². The maximum atomic E-state index is 13.0. The van der Waals surface area contributed by atoms with E-state index in [1.54, 1.807) is 29.0 Å². The zero-order valence-electron chi connectivity index (χ0n) is 18.1. The van der Waals surface area contributed by atoms with Gasteiger partial charge in [-0.05, 0) is 13.8 Å². The van der Waals surface area contributed by atoms with Crippen LogP contribution < -0.4 is 19.1 Å². The summed E-state index contributed by atoms with van der Waals surface area (Å²) in [4.78, 5) is 28.9. The number of ether oxygens (including phenoxy) is 3. The van der Waals surface area contributed by atoms with Gasteiger partial charge in [-0.3, -0.25) is 9.59 Å². The van der Waals surface area contributed by atoms with E-state index >= 15 is 0 Å². The second kappa shape index (κ2) is 8.64. The summed E-state index contributed by atoms with van der Waals surface area (Å²) >= 11 is 0. The van der Waals surface area contributed by atoms with Crippen molar-refractivity contribution in [2.24, 2.45) is 5.92 Å². The summed E-state index contributed by atoms with van der Waals surface area (Å²) in [7, 11) is 6.27. The molecule has 9 heteroatoms. The predicted molar refractivity (Wildman–Crippen MR) is 109 cm³/mol. The van der Waals surface area contributed by atoms with E-state index in [4.69, 9.17) is 18.7 Å². The number of nitrogens with zero attached hydrogens (tertiary/aromatic N) is 3. The molecule has 9 nitrogen and oxygen atoms in total. The van der Waals surface area contributed by atoms with Crippen LogP contribution in [-0.4, -0.2) is 56.8 Å². The Morgan fingerprint density at radius 3 is 2.33 bits per heavy atom. The van der Waals surface area contributed by atoms with Crippen molar-refractivity contribution in [2.75, 3.05) is 39.8 Å². The second-order valence-corrected chi connectivity index (χ2v) is 7.29. The Bertz CT molecular complexity index is 910. The van der Waals surface area contributed by atoms with Crippen molar-refractivity contribution in [3.05, 3.63) is 29.2 Å². The number of rotatable bonds is 7. The maximum absolute atomic E-state index is 13.0. The van der Waals surface area contributed by atoms with E-state index in [1.165, 1.54) is 21.3 Å². The van der Waals surface area contributed by atoms with E-state index in [9.17, 15) is 9.59 Å². The van der Waals surface area contributed by atoms with Crippen LogP contribution in [0.2, 0.25) is 0 Å². The fraction of sp³-hybridized carbons (Fsp3) is 0.476. The SMILES string of the molecule is COc1cc(N2CC(C(=O)N(C)Cc3c(C)noc3C)CC2=O)cc(OC)c1OC. The van der Waals surface area contributed by atoms with E-state index in [1.807, 2.05) is 13.8 Å². The quantitative estimate of drug-likeness (QED) is 0.682.